The van der Waals surface area contributed by atoms with Crippen LogP contribution in [0.15, 0.2) is 34.9 Å². The second kappa shape index (κ2) is 5.62. The van der Waals surface area contributed by atoms with E-state index in [1.807, 2.05) is 0 Å². The van der Waals surface area contributed by atoms with Gasteiger partial charge in [0.25, 0.3) is 0 Å². The first-order chi connectivity index (χ1) is 9.49. The molecule has 0 saturated heterocycles. The van der Waals surface area contributed by atoms with Gasteiger partial charge in [-0.05, 0) is 18.2 Å². The number of carbonyl (C=O) groups is 1. The fraction of sp³-hybridized carbons (Fsp3) is 0.0833. The molecular weight excluding hydrogens is 290 g/mol. The summed E-state index contributed by atoms with van der Waals surface area (Å²) in [6, 6.07) is 5.20. The lowest BCUT2D eigenvalue weighted by atomic mass is 10.2. The minimum absolute atomic E-state index is 0.0212. The van der Waals surface area contributed by atoms with Crippen molar-refractivity contribution in [2.45, 2.75) is 6.61 Å². The zero-order chi connectivity index (χ0) is 14.7. The van der Waals surface area contributed by atoms with Gasteiger partial charge in [-0.15, -0.1) is 0 Å². The number of hydrogen-bond acceptors (Lipinski definition) is 5. The Hall–Kier alpha value is -2.54. The molecule has 0 saturated carbocycles. The molecular formula is C12H8ClNO6. The zero-order valence-corrected chi connectivity index (χ0v) is 10.7. The van der Waals surface area contributed by atoms with Crippen LogP contribution in [0.2, 0.25) is 5.02 Å². The summed E-state index contributed by atoms with van der Waals surface area (Å²) in [4.78, 5) is 21.1. The molecule has 2 rings (SSSR count). The summed E-state index contributed by atoms with van der Waals surface area (Å²) in [5, 5.41) is 20.0. The molecule has 1 aromatic heterocycles. The zero-order valence-electron chi connectivity index (χ0n) is 9.91. The van der Waals surface area contributed by atoms with Crippen LogP contribution < -0.4 is 4.74 Å². The summed E-state index contributed by atoms with van der Waals surface area (Å²) in [6.45, 7) is -0.239. The number of aromatic carboxylic acids is 1. The van der Waals surface area contributed by atoms with E-state index >= 15 is 0 Å². The van der Waals surface area contributed by atoms with Gasteiger partial charge in [0, 0.05) is 11.1 Å². The summed E-state index contributed by atoms with van der Waals surface area (Å²) in [5.41, 5.74) is -0.359. The molecule has 0 aliphatic carbocycles. The third-order valence-corrected chi connectivity index (χ3v) is 2.69. The van der Waals surface area contributed by atoms with Crippen molar-refractivity contribution in [1.29, 1.82) is 0 Å². The summed E-state index contributed by atoms with van der Waals surface area (Å²) in [6.07, 6.45) is 1.21. The van der Waals surface area contributed by atoms with E-state index < -0.39 is 10.9 Å². The van der Waals surface area contributed by atoms with Crippen LogP contribution >= 0.6 is 11.6 Å². The number of furan rings is 1. The second-order valence-corrected chi connectivity index (χ2v) is 4.16. The normalized spacial score (nSPS) is 10.2. The van der Waals surface area contributed by atoms with Gasteiger partial charge in [0.2, 0.25) is 0 Å². The Balaban J connectivity index is 2.21. The fourth-order valence-electron chi connectivity index (χ4n) is 1.54. The Kier molecular flexibility index (Phi) is 3.90. The van der Waals surface area contributed by atoms with Gasteiger partial charge in [-0.3, -0.25) is 10.1 Å². The van der Waals surface area contributed by atoms with Crippen molar-refractivity contribution >= 4 is 23.3 Å². The Labute approximate surface area is 117 Å². The maximum atomic E-state index is 10.9. The van der Waals surface area contributed by atoms with Gasteiger partial charge < -0.3 is 14.3 Å². The standard InChI is InChI=1S/C12H8ClNO6/c13-7-1-2-10(9(5-7)14(17)18)20-6-11-8(12(15)16)3-4-19-11/h1-5H,6H2,(H,15,16). The number of halogens is 1. The van der Waals surface area contributed by atoms with Crippen LogP contribution in [0, 0.1) is 10.1 Å². The number of nitro groups is 1. The van der Waals surface area contributed by atoms with Crippen molar-refractivity contribution in [1.82, 2.24) is 0 Å². The van der Waals surface area contributed by atoms with E-state index in [1.54, 1.807) is 0 Å². The molecule has 7 nitrogen and oxygen atoms in total. The van der Waals surface area contributed by atoms with E-state index in [0.29, 0.717) is 0 Å². The third-order valence-electron chi connectivity index (χ3n) is 2.45. The number of hydrogen-bond donors (Lipinski definition) is 1. The van der Waals surface area contributed by atoms with Gasteiger partial charge in [-0.1, -0.05) is 11.6 Å². The highest BCUT2D eigenvalue weighted by atomic mass is 35.5. The first-order valence-corrected chi connectivity index (χ1v) is 5.73. The average molecular weight is 298 g/mol. The van der Waals surface area contributed by atoms with Gasteiger partial charge >= 0.3 is 11.7 Å². The van der Waals surface area contributed by atoms with Crippen LogP contribution in [0.3, 0.4) is 0 Å². The molecule has 0 unspecified atom stereocenters. The van der Waals surface area contributed by atoms with Crippen LogP contribution in [-0.4, -0.2) is 16.0 Å². The molecule has 8 heteroatoms. The number of carboxylic acids is 1. The minimum atomic E-state index is -1.16. The Bertz CT molecular complexity index is 666. The molecule has 1 heterocycles. The van der Waals surface area contributed by atoms with E-state index in [2.05, 4.69) is 0 Å². The molecule has 0 radical (unpaired) electrons. The highest BCUT2D eigenvalue weighted by Crippen LogP contribution is 2.30. The topological polar surface area (TPSA) is 103 Å². The lowest BCUT2D eigenvalue weighted by Gasteiger charge is -2.06. The molecule has 0 spiro atoms. The maximum Gasteiger partial charge on any atom is 0.339 e. The molecule has 0 aliphatic heterocycles. The molecule has 104 valence electrons. The van der Waals surface area contributed by atoms with E-state index in [0.717, 1.165) is 6.07 Å². The van der Waals surface area contributed by atoms with Gasteiger partial charge in [0.15, 0.2) is 11.5 Å². The Morgan fingerprint density at radius 3 is 2.85 bits per heavy atom. The van der Waals surface area contributed by atoms with Crippen LogP contribution in [0.25, 0.3) is 0 Å². The summed E-state index contributed by atoms with van der Waals surface area (Å²) >= 11 is 5.67. The SMILES string of the molecule is O=C(O)c1ccoc1COc1ccc(Cl)cc1[N+](=O)[O-]. The van der Waals surface area contributed by atoms with Crippen LogP contribution in [0.4, 0.5) is 5.69 Å². The molecule has 0 bridgehead atoms. The lowest BCUT2D eigenvalue weighted by Crippen LogP contribution is -2.03. The first kappa shape index (κ1) is 13.9. The van der Waals surface area contributed by atoms with Crippen LogP contribution in [0.1, 0.15) is 16.1 Å². The summed E-state index contributed by atoms with van der Waals surface area (Å²) in [7, 11) is 0. The quantitative estimate of drug-likeness (QED) is 0.672. The van der Waals surface area contributed by atoms with Crippen molar-refractivity contribution in [3.63, 3.8) is 0 Å². The molecule has 0 fully saturated rings. The molecule has 2 aromatic rings. The second-order valence-electron chi connectivity index (χ2n) is 3.72. The molecule has 0 atom stereocenters. The number of carboxylic acid groups (broad SMARTS) is 1. The van der Waals surface area contributed by atoms with Gasteiger partial charge in [0.1, 0.15) is 12.2 Å². The van der Waals surface area contributed by atoms with Crippen LogP contribution in [0.5, 0.6) is 5.75 Å². The third kappa shape index (κ3) is 2.89. The number of benzene rings is 1. The molecule has 1 N–H and O–H groups in total. The Morgan fingerprint density at radius 2 is 2.20 bits per heavy atom. The van der Waals surface area contributed by atoms with E-state index in [9.17, 15) is 14.9 Å². The minimum Gasteiger partial charge on any atom is -0.479 e. The first-order valence-electron chi connectivity index (χ1n) is 5.35. The highest BCUT2D eigenvalue weighted by molar-refractivity contribution is 6.30. The van der Waals surface area contributed by atoms with Crippen molar-refractivity contribution in [2.24, 2.45) is 0 Å². The Morgan fingerprint density at radius 1 is 1.45 bits per heavy atom. The van der Waals surface area contributed by atoms with Gasteiger partial charge in [-0.2, -0.15) is 0 Å². The summed E-state index contributed by atoms with van der Waals surface area (Å²) in [5.74, 6) is -1.11. The number of nitro benzene ring substituents is 1. The van der Waals surface area contributed by atoms with E-state index in [-0.39, 0.29) is 34.4 Å². The molecule has 20 heavy (non-hydrogen) atoms. The van der Waals surface area contributed by atoms with Gasteiger partial charge in [-0.25, -0.2) is 4.79 Å². The van der Waals surface area contributed by atoms with Gasteiger partial charge in [0.05, 0.1) is 11.2 Å². The van der Waals surface area contributed by atoms with E-state index in [4.69, 9.17) is 25.9 Å². The lowest BCUT2D eigenvalue weighted by molar-refractivity contribution is -0.385. The smallest absolute Gasteiger partial charge is 0.339 e. The highest BCUT2D eigenvalue weighted by Gasteiger charge is 2.18. The maximum absolute atomic E-state index is 10.9. The average Bonchev–Trinajstić information content (AvgIpc) is 2.85. The largest absolute Gasteiger partial charge is 0.479 e. The van der Waals surface area contributed by atoms with Crippen LogP contribution in [-0.2, 0) is 6.61 Å². The number of nitrogens with zero attached hydrogens (tertiary/aromatic N) is 1. The number of ether oxygens (including phenoxy) is 1. The summed E-state index contributed by atoms with van der Waals surface area (Å²) < 4.78 is 10.2. The predicted octanol–water partition coefficient (Wildman–Crippen LogP) is 3.12. The molecule has 0 aliphatic rings. The molecule has 1 aromatic carbocycles. The van der Waals surface area contributed by atoms with Crippen molar-refractivity contribution in [2.75, 3.05) is 0 Å². The fourth-order valence-corrected chi connectivity index (χ4v) is 1.71. The van der Waals surface area contributed by atoms with E-state index in [1.165, 1.54) is 24.5 Å². The number of rotatable bonds is 5. The van der Waals surface area contributed by atoms with Crippen molar-refractivity contribution in [3.05, 3.63) is 57.0 Å². The van der Waals surface area contributed by atoms with Crippen molar-refractivity contribution in [3.8, 4) is 5.75 Å². The molecule has 0 amide bonds. The predicted molar refractivity (Wildman–Crippen MR) is 68.1 cm³/mol. The van der Waals surface area contributed by atoms with Crippen molar-refractivity contribution < 1.29 is 24.0 Å². The monoisotopic (exact) mass is 297 g/mol.